The van der Waals surface area contributed by atoms with E-state index in [2.05, 4.69) is 19.4 Å². The van der Waals surface area contributed by atoms with Crippen molar-refractivity contribution in [2.75, 3.05) is 13.7 Å². The number of aromatic nitrogens is 2. The number of rotatable bonds is 5. The molecule has 1 aromatic heterocycles. The van der Waals surface area contributed by atoms with E-state index in [4.69, 9.17) is 0 Å². The molecule has 0 aromatic carbocycles. The average Bonchev–Trinajstić information content (AvgIpc) is 2.69. The maximum atomic E-state index is 11.1. The Hall–Kier alpha value is -1.43. The summed E-state index contributed by atoms with van der Waals surface area (Å²) in [6.45, 7) is 4.68. The largest absolute Gasteiger partial charge is 0.468 e. The first kappa shape index (κ1) is 11.6. The highest BCUT2D eigenvalue weighted by atomic mass is 16.5. The number of hydrogen-bond acceptors (Lipinski definition) is 6. The van der Waals surface area contributed by atoms with E-state index in [9.17, 15) is 4.79 Å². The van der Waals surface area contributed by atoms with Crippen molar-refractivity contribution < 1.29 is 14.1 Å². The van der Waals surface area contributed by atoms with E-state index >= 15 is 0 Å². The van der Waals surface area contributed by atoms with Crippen LogP contribution in [0.15, 0.2) is 10.9 Å². The summed E-state index contributed by atoms with van der Waals surface area (Å²) in [5.41, 5.74) is 0. The molecule has 0 saturated carbocycles. The number of carbonyl (C=O) groups is 1. The molecule has 0 saturated heterocycles. The lowest BCUT2D eigenvalue weighted by Gasteiger charge is -2.23. The van der Waals surface area contributed by atoms with Gasteiger partial charge in [-0.15, -0.1) is 0 Å². The maximum Gasteiger partial charge on any atom is 0.319 e. The van der Waals surface area contributed by atoms with E-state index in [1.165, 1.54) is 13.5 Å². The fourth-order valence-corrected chi connectivity index (χ4v) is 1.10. The van der Waals surface area contributed by atoms with Gasteiger partial charge in [0.15, 0.2) is 5.82 Å². The molecule has 0 fully saturated rings. The van der Waals surface area contributed by atoms with Gasteiger partial charge in [0.1, 0.15) is 0 Å². The highest BCUT2D eigenvalue weighted by Gasteiger charge is 2.16. The Balaban J connectivity index is 2.55. The van der Waals surface area contributed by atoms with Crippen molar-refractivity contribution >= 4 is 5.97 Å². The average molecular weight is 213 g/mol. The molecular weight excluding hydrogens is 198 g/mol. The molecule has 1 heterocycles. The molecule has 0 N–H and O–H groups in total. The SMILES string of the molecule is COC(=O)CN(Cc1ncon1)C(C)C. The monoisotopic (exact) mass is 213 g/mol. The van der Waals surface area contributed by atoms with Crippen LogP contribution in [0.4, 0.5) is 0 Å². The first-order valence-corrected chi connectivity index (χ1v) is 4.69. The van der Waals surface area contributed by atoms with Crippen molar-refractivity contribution in [2.24, 2.45) is 0 Å². The second kappa shape index (κ2) is 5.45. The Labute approximate surface area is 88.2 Å². The van der Waals surface area contributed by atoms with E-state index in [0.29, 0.717) is 12.4 Å². The summed E-state index contributed by atoms with van der Waals surface area (Å²) < 4.78 is 9.23. The topological polar surface area (TPSA) is 68.5 Å². The molecule has 0 radical (unpaired) electrons. The Morgan fingerprint density at radius 3 is 2.87 bits per heavy atom. The summed E-state index contributed by atoms with van der Waals surface area (Å²) in [5.74, 6) is 0.291. The first-order chi connectivity index (χ1) is 7.13. The lowest BCUT2D eigenvalue weighted by atomic mass is 10.3. The number of hydrogen-bond donors (Lipinski definition) is 0. The van der Waals surface area contributed by atoms with Crippen LogP contribution in [0, 0.1) is 0 Å². The zero-order valence-electron chi connectivity index (χ0n) is 9.14. The van der Waals surface area contributed by atoms with Gasteiger partial charge in [0.25, 0.3) is 0 Å². The second-order valence-corrected chi connectivity index (χ2v) is 3.42. The van der Waals surface area contributed by atoms with E-state index in [-0.39, 0.29) is 18.6 Å². The van der Waals surface area contributed by atoms with E-state index in [1.54, 1.807) is 0 Å². The van der Waals surface area contributed by atoms with Crippen LogP contribution in [0.1, 0.15) is 19.7 Å². The predicted molar refractivity (Wildman–Crippen MR) is 51.9 cm³/mol. The summed E-state index contributed by atoms with van der Waals surface area (Å²) >= 11 is 0. The van der Waals surface area contributed by atoms with E-state index in [1.807, 2.05) is 18.7 Å². The highest BCUT2D eigenvalue weighted by Crippen LogP contribution is 2.04. The normalized spacial score (nSPS) is 11.0. The van der Waals surface area contributed by atoms with Crippen molar-refractivity contribution in [3.63, 3.8) is 0 Å². The fraction of sp³-hybridized carbons (Fsp3) is 0.667. The lowest BCUT2D eigenvalue weighted by Crippen LogP contribution is -2.36. The van der Waals surface area contributed by atoms with Gasteiger partial charge < -0.3 is 9.26 Å². The molecule has 6 nitrogen and oxygen atoms in total. The molecule has 0 aliphatic heterocycles. The van der Waals surface area contributed by atoms with Crippen LogP contribution in [0.3, 0.4) is 0 Å². The van der Waals surface area contributed by atoms with Gasteiger partial charge in [-0.25, -0.2) is 0 Å². The molecule has 1 aromatic rings. The third-order valence-corrected chi connectivity index (χ3v) is 2.04. The van der Waals surface area contributed by atoms with Gasteiger partial charge in [0.05, 0.1) is 20.2 Å². The highest BCUT2D eigenvalue weighted by molar-refractivity contribution is 5.71. The van der Waals surface area contributed by atoms with E-state index < -0.39 is 0 Å². The van der Waals surface area contributed by atoms with Crippen molar-refractivity contribution in [3.05, 3.63) is 12.2 Å². The standard InChI is InChI=1S/C9H15N3O3/c1-7(2)12(5-9(13)14-3)4-8-10-6-15-11-8/h6-7H,4-5H2,1-3H3. The number of ether oxygens (including phenoxy) is 1. The Morgan fingerprint density at radius 1 is 1.67 bits per heavy atom. The van der Waals surface area contributed by atoms with Gasteiger partial charge in [-0.3, -0.25) is 9.69 Å². The summed E-state index contributed by atoms with van der Waals surface area (Å²) in [6, 6.07) is 0.211. The molecular formula is C9H15N3O3. The quantitative estimate of drug-likeness (QED) is 0.661. The lowest BCUT2D eigenvalue weighted by molar-refractivity contribution is -0.142. The van der Waals surface area contributed by atoms with Crippen LogP contribution in [-0.2, 0) is 16.1 Å². The summed E-state index contributed by atoms with van der Waals surface area (Å²) in [5, 5.41) is 3.69. The summed E-state index contributed by atoms with van der Waals surface area (Å²) in [7, 11) is 1.37. The molecule has 0 aliphatic carbocycles. The Bertz CT molecular complexity index is 298. The van der Waals surface area contributed by atoms with E-state index in [0.717, 1.165) is 0 Å². The van der Waals surface area contributed by atoms with Gasteiger partial charge in [0, 0.05) is 6.04 Å². The van der Waals surface area contributed by atoms with Gasteiger partial charge in [-0.1, -0.05) is 5.16 Å². The maximum absolute atomic E-state index is 11.1. The summed E-state index contributed by atoms with van der Waals surface area (Å²) in [6.07, 6.45) is 1.27. The van der Waals surface area contributed by atoms with Gasteiger partial charge in [-0.2, -0.15) is 4.98 Å². The smallest absolute Gasteiger partial charge is 0.319 e. The van der Waals surface area contributed by atoms with Crippen LogP contribution in [0.2, 0.25) is 0 Å². The number of esters is 1. The van der Waals surface area contributed by atoms with Crippen LogP contribution in [0.5, 0.6) is 0 Å². The molecule has 6 heteroatoms. The molecule has 15 heavy (non-hydrogen) atoms. The molecule has 84 valence electrons. The molecule has 0 amide bonds. The molecule has 0 atom stereocenters. The molecule has 0 spiro atoms. The van der Waals surface area contributed by atoms with Crippen LogP contribution < -0.4 is 0 Å². The molecule has 0 bridgehead atoms. The third kappa shape index (κ3) is 3.67. The fourth-order valence-electron chi connectivity index (χ4n) is 1.10. The minimum atomic E-state index is -0.271. The molecule has 0 unspecified atom stereocenters. The van der Waals surface area contributed by atoms with Crippen LogP contribution >= 0.6 is 0 Å². The molecule has 0 aliphatic rings. The second-order valence-electron chi connectivity index (χ2n) is 3.42. The summed E-state index contributed by atoms with van der Waals surface area (Å²) in [4.78, 5) is 16.9. The Morgan fingerprint density at radius 2 is 2.40 bits per heavy atom. The van der Waals surface area contributed by atoms with Crippen molar-refractivity contribution in [1.29, 1.82) is 0 Å². The zero-order valence-corrected chi connectivity index (χ0v) is 9.14. The van der Waals surface area contributed by atoms with Crippen molar-refractivity contribution in [2.45, 2.75) is 26.4 Å². The Kier molecular flexibility index (Phi) is 4.23. The minimum Gasteiger partial charge on any atom is -0.468 e. The molecule has 1 rings (SSSR count). The number of carbonyl (C=O) groups excluding carboxylic acids is 1. The number of nitrogens with zero attached hydrogens (tertiary/aromatic N) is 3. The minimum absolute atomic E-state index is 0.211. The third-order valence-electron chi connectivity index (χ3n) is 2.04. The van der Waals surface area contributed by atoms with Gasteiger partial charge >= 0.3 is 5.97 Å². The van der Waals surface area contributed by atoms with Gasteiger partial charge in [0.2, 0.25) is 6.39 Å². The van der Waals surface area contributed by atoms with Crippen molar-refractivity contribution in [3.8, 4) is 0 Å². The first-order valence-electron chi connectivity index (χ1n) is 4.69. The van der Waals surface area contributed by atoms with Crippen LogP contribution in [0.25, 0.3) is 0 Å². The van der Waals surface area contributed by atoms with Crippen LogP contribution in [-0.4, -0.2) is 40.7 Å². The van der Waals surface area contributed by atoms with Gasteiger partial charge in [-0.05, 0) is 13.8 Å². The zero-order chi connectivity index (χ0) is 11.3. The predicted octanol–water partition coefficient (Wildman–Crippen LogP) is 0.453. The number of methoxy groups -OCH3 is 1. The van der Waals surface area contributed by atoms with Crippen molar-refractivity contribution in [1.82, 2.24) is 15.0 Å².